The highest BCUT2D eigenvalue weighted by atomic mass is 16.5. The fourth-order valence-corrected chi connectivity index (χ4v) is 2.23. The molecule has 5 heteroatoms. The van der Waals surface area contributed by atoms with Crippen LogP contribution in [0.15, 0.2) is 42.7 Å². The van der Waals surface area contributed by atoms with E-state index in [0.717, 1.165) is 17.7 Å². The number of carbonyl (C=O) groups excluding carboxylic acids is 2. The van der Waals surface area contributed by atoms with Crippen molar-refractivity contribution in [1.82, 2.24) is 10.3 Å². The summed E-state index contributed by atoms with van der Waals surface area (Å²) in [5, 5.41) is 2.62. The molecule has 0 aliphatic carbocycles. The molecule has 1 aromatic carbocycles. The summed E-state index contributed by atoms with van der Waals surface area (Å²) in [5.41, 5.74) is 2.12. The molecule has 21 heavy (non-hydrogen) atoms. The maximum atomic E-state index is 12.1. The number of fused-ring (bicyclic) bond motifs is 1. The smallest absolute Gasteiger partial charge is 0.251 e. The van der Waals surface area contributed by atoms with Crippen molar-refractivity contribution in [3.05, 3.63) is 59.4 Å². The molecule has 106 valence electrons. The lowest BCUT2D eigenvalue weighted by atomic mass is 10.1. The Morgan fingerprint density at radius 1 is 1.14 bits per heavy atom. The van der Waals surface area contributed by atoms with Gasteiger partial charge in [0.1, 0.15) is 5.75 Å². The van der Waals surface area contributed by atoms with Gasteiger partial charge in [0.2, 0.25) is 0 Å². The molecule has 0 radical (unpaired) electrons. The highest BCUT2D eigenvalue weighted by molar-refractivity contribution is 6.02. The zero-order valence-electron chi connectivity index (χ0n) is 11.3. The van der Waals surface area contributed by atoms with Crippen LogP contribution in [-0.4, -0.2) is 29.8 Å². The average Bonchev–Trinajstić information content (AvgIpc) is 3.00. The molecule has 0 spiro atoms. The first-order valence-corrected chi connectivity index (χ1v) is 6.71. The van der Waals surface area contributed by atoms with Crippen LogP contribution in [0.3, 0.4) is 0 Å². The van der Waals surface area contributed by atoms with Crippen LogP contribution in [0.4, 0.5) is 0 Å². The van der Waals surface area contributed by atoms with Crippen LogP contribution in [0.25, 0.3) is 0 Å². The number of ketones is 1. The number of hydrogen-bond donors (Lipinski definition) is 1. The van der Waals surface area contributed by atoms with Gasteiger partial charge in [-0.2, -0.15) is 0 Å². The van der Waals surface area contributed by atoms with Gasteiger partial charge in [-0.25, -0.2) is 0 Å². The number of hydrogen-bond acceptors (Lipinski definition) is 4. The Hall–Kier alpha value is -2.69. The summed E-state index contributed by atoms with van der Waals surface area (Å²) in [4.78, 5) is 27.8. The van der Waals surface area contributed by atoms with Gasteiger partial charge in [-0.15, -0.1) is 0 Å². The summed E-state index contributed by atoms with van der Waals surface area (Å²) < 4.78 is 5.40. The van der Waals surface area contributed by atoms with Gasteiger partial charge in [-0.05, 0) is 35.9 Å². The quantitative estimate of drug-likeness (QED) is 0.865. The van der Waals surface area contributed by atoms with E-state index in [1.54, 1.807) is 24.3 Å². The van der Waals surface area contributed by atoms with Gasteiger partial charge in [0, 0.05) is 29.9 Å². The van der Waals surface area contributed by atoms with Crippen LogP contribution >= 0.6 is 0 Å². The molecule has 2 heterocycles. The van der Waals surface area contributed by atoms with E-state index >= 15 is 0 Å². The van der Waals surface area contributed by atoms with E-state index in [2.05, 4.69) is 10.3 Å². The summed E-state index contributed by atoms with van der Waals surface area (Å²) in [7, 11) is 0. The van der Waals surface area contributed by atoms with E-state index in [1.165, 1.54) is 12.4 Å². The lowest BCUT2D eigenvalue weighted by molar-refractivity contribution is 0.0904. The fourth-order valence-electron chi connectivity index (χ4n) is 2.23. The number of amides is 1. The number of Topliss-reactive ketones (excluding diaryl/α,β-unsaturated/α-hetero) is 1. The first-order valence-electron chi connectivity index (χ1n) is 6.71. The largest absolute Gasteiger partial charge is 0.493 e. The zero-order valence-corrected chi connectivity index (χ0v) is 11.3. The minimum Gasteiger partial charge on any atom is -0.493 e. The first-order chi connectivity index (χ1) is 10.2. The molecule has 0 saturated heterocycles. The lowest BCUT2D eigenvalue weighted by Gasteiger charge is -2.06. The second kappa shape index (κ2) is 5.75. The third-order valence-electron chi connectivity index (χ3n) is 3.36. The average molecular weight is 282 g/mol. The monoisotopic (exact) mass is 282 g/mol. The number of rotatable bonds is 4. The third kappa shape index (κ3) is 2.91. The van der Waals surface area contributed by atoms with Crippen LogP contribution < -0.4 is 10.1 Å². The molecule has 0 saturated carbocycles. The number of ether oxygens (including phenoxy) is 1. The molecule has 1 amide bonds. The van der Waals surface area contributed by atoms with Crippen molar-refractivity contribution < 1.29 is 14.3 Å². The van der Waals surface area contributed by atoms with Gasteiger partial charge in [-0.3, -0.25) is 14.6 Å². The second-order valence-electron chi connectivity index (χ2n) is 4.76. The van der Waals surface area contributed by atoms with Crippen LogP contribution in [-0.2, 0) is 6.42 Å². The molecule has 1 N–H and O–H groups in total. The number of aromatic nitrogens is 1. The number of nitrogens with zero attached hydrogens (tertiary/aromatic N) is 1. The van der Waals surface area contributed by atoms with Gasteiger partial charge in [-0.1, -0.05) is 0 Å². The third-order valence-corrected chi connectivity index (χ3v) is 3.36. The highest BCUT2D eigenvalue weighted by Gasteiger charge is 2.15. The van der Waals surface area contributed by atoms with E-state index < -0.39 is 0 Å². The summed E-state index contributed by atoms with van der Waals surface area (Å²) in [5.74, 6) is 0.440. The molecule has 0 atom stereocenters. The Morgan fingerprint density at radius 3 is 2.76 bits per heavy atom. The summed E-state index contributed by atoms with van der Waals surface area (Å²) in [6.45, 7) is 0.632. The highest BCUT2D eigenvalue weighted by Crippen LogP contribution is 2.25. The molecule has 2 aromatic rings. The van der Waals surface area contributed by atoms with Crippen molar-refractivity contribution in [2.75, 3.05) is 13.2 Å². The van der Waals surface area contributed by atoms with E-state index in [-0.39, 0.29) is 18.2 Å². The number of nitrogens with one attached hydrogen (secondary N) is 1. The van der Waals surface area contributed by atoms with E-state index in [0.29, 0.717) is 17.7 Å². The molecular formula is C16H14N2O3. The van der Waals surface area contributed by atoms with Crippen molar-refractivity contribution in [2.24, 2.45) is 0 Å². The molecule has 1 aliphatic heterocycles. The van der Waals surface area contributed by atoms with E-state index in [1.807, 2.05) is 6.07 Å². The SMILES string of the molecule is O=C(CNC(=O)c1ccncc1)c1ccc2c(c1)CCO2. The molecular weight excluding hydrogens is 268 g/mol. The summed E-state index contributed by atoms with van der Waals surface area (Å²) >= 11 is 0. The summed E-state index contributed by atoms with van der Waals surface area (Å²) in [6, 6.07) is 8.58. The van der Waals surface area contributed by atoms with Crippen LogP contribution in [0, 0.1) is 0 Å². The van der Waals surface area contributed by atoms with Crippen molar-refractivity contribution in [1.29, 1.82) is 0 Å². The molecule has 1 aliphatic rings. The van der Waals surface area contributed by atoms with Gasteiger partial charge >= 0.3 is 0 Å². The van der Waals surface area contributed by atoms with Crippen molar-refractivity contribution in [2.45, 2.75) is 6.42 Å². The maximum absolute atomic E-state index is 12.1. The Kier molecular flexibility index (Phi) is 3.64. The van der Waals surface area contributed by atoms with Gasteiger partial charge in [0.15, 0.2) is 5.78 Å². The Labute approximate surface area is 122 Å². The van der Waals surface area contributed by atoms with Gasteiger partial charge in [0.25, 0.3) is 5.91 Å². The molecule has 0 unspecified atom stereocenters. The maximum Gasteiger partial charge on any atom is 0.251 e. The van der Waals surface area contributed by atoms with E-state index in [9.17, 15) is 9.59 Å². The van der Waals surface area contributed by atoms with Crippen molar-refractivity contribution in [3.63, 3.8) is 0 Å². The van der Waals surface area contributed by atoms with Gasteiger partial charge in [0.05, 0.1) is 13.2 Å². The lowest BCUT2D eigenvalue weighted by Crippen LogP contribution is -2.29. The Balaban J connectivity index is 1.63. The van der Waals surface area contributed by atoms with Gasteiger partial charge < -0.3 is 10.1 Å². The number of pyridine rings is 1. The molecule has 0 fully saturated rings. The first kappa shape index (κ1) is 13.3. The number of benzene rings is 1. The summed E-state index contributed by atoms with van der Waals surface area (Å²) in [6.07, 6.45) is 3.90. The Bertz CT molecular complexity index is 683. The predicted octanol–water partition coefficient (Wildman–Crippen LogP) is 1.63. The van der Waals surface area contributed by atoms with E-state index in [4.69, 9.17) is 4.74 Å². The topological polar surface area (TPSA) is 68.3 Å². The standard InChI is InChI=1S/C16H14N2O3/c19-14(10-18-16(20)11-3-6-17-7-4-11)12-1-2-15-13(9-12)5-8-21-15/h1-4,6-7,9H,5,8,10H2,(H,18,20). The molecule has 1 aromatic heterocycles. The van der Waals surface area contributed by atoms with Crippen molar-refractivity contribution in [3.8, 4) is 5.75 Å². The van der Waals surface area contributed by atoms with Crippen LogP contribution in [0.2, 0.25) is 0 Å². The molecule has 5 nitrogen and oxygen atoms in total. The molecule has 0 bridgehead atoms. The normalized spacial score (nSPS) is 12.4. The van der Waals surface area contributed by atoms with Crippen LogP contribution in [0.5, 0.6) is 5.75 Å². The second-order valence-corrected chi connectivity index (χ2v) is 4.76. The predicted molar refractivity (Wildman–Crippen MR) is 76.5 cm³/mol. The fraction of sp³-hybridized carbons (Fsp3) is 0.188. The zero-order chi connectivity index (χ0) is 14.7. The Morgan fingerprint density at radius 2 is 1.95 bits per heavy atom. The minimum absolute atomic E-state index is 0.0270. The molecule has 3 rings (SSSR count). The number of carbonyl (C=O) groups is 2. The minimum atomic E-state index is -0.282. The van der Waals surface area contributed by atoms with Crippen molar-refractivity contribution >= 4 is 11.7 Å². The van der Waals surface area contributed by atoms with Crippen LogP contribution in [0.1, 0.15) is 26.3 Å².